The highest BCUT2D eigenvalue weighted by Crippen LogP contribution is 2.35. The number of fused-ring (bicyclic) bond motifs is 1. The highest BCUT2D eigenvalue weighted by Gasteiger charge is 2.36. The fraction of sp³-hybridized carbons (Fsp3) is 0.258. The van der Waals surface area contributed by atoms with Gasteiger partial charge in [0, 0.05) is 52.9 Å². The molecule has 0 aliphatic carbocycles. The van der Waals surface area contributed by atoms with Crippen molar-refractivity contribution < 1.29 is 14.6 Å². The zero-order valence-electron chi connectivity index (χ0n) is 21.6. The quantitative estimate of drug-likeness (QED) is 0.197. The topological polar surface area (TPSA) is 77.2 Å². The molecule has 0 spiro atoms. The molecule has 3 aromatic heterocycles. The van der Waals surface area contributed by atoms with E-state index in [0.717, 1.165) is 44.2 Å². The van der Waals surface area contributed by atoms with E-state index in [1.165, 1.54) is 0 Å². The van der Waals surface area contributed by atoms with Gasteiger partial charge in [-0.1, -0.05) is 44.2 Å². The van der Waals surface area contributed by atoms with Gasteiger partial charge in [-0.05, 0) is 54.8 Å². The zero-order valence-corrected chi connectivity index (χ0v) is 22.4. The van der Waals surface area contributed by atoms with Crippen molar-refractivity contribution in [3.05, 3.63) is 101 Å². The molecule has 0 fully saturated rings. The molecule has 7 heteroatoms. The van der Waals surface area contributed by atoms with Crippen LogP contribution in [-0.2, 0) is 24.4 Å². The van der Waals surface area contributed by atoms with Crippen molar-refractivity contribution in [2.24, 2.45) is 5.41 Å². The maximum Gasteiger partial charge on any atom is 0.310 e. The Labute approximate surface area is 226 Å². The van der Waals surface area contributed by atoms with E-state index in [2.05, 4.69) is 50.9 Å². The summed E-state index contributed by atoms with van der Waals surface area (Å²) in [5.74, 6) is 0.0154. The highest BCUT2D eigenvalue weighted by atomic mass is 32.1. The molecule has 0 saturated heterocycles. The Morgan fingerprint density at radius 2 is 1.82 bits per heavy atom. The highest BCUT2D eigenvalue weighted by molar-refractivity contribution is 7.13. The molecule has 0 aliphatic heterocycles. The number of ether oxygens (including phenoxy) is 1. The number of hydrogen-bond donors (Lipinski definition) is 1. The maximum absolute atomic E-state index is 12.4. The SMILES string of the molecule is CCC(CC)(Cc1cc2cc(OCc3ccccn3)ccc2n1Cc1ccc(-c2nccs2)cc1)C(=O)O. The van der Waals surface area contributed by atoms with Crippen molar-refractivity contribution in [3.63, 3.8) is 0 Å². The zero-order chi connectivity index (χ0) is 26.5. The summed E-state index contributed by atoms with van der Waals surface area (Å²) in [4.78, 5) is 21.1. The summed E-state index contributed by atoms with van der Waals surface area (Å²) in [6.45, 7) is 4.96. The average Bonchev–Trinajstić information content (AvgIpc) is 3.60. The molecule has 5 aromatic rings. The van der Waals surface area contributed by atoms with Gasteiger partial charge < -0.3 is 14.4 Å². The molecule has 1 N–H and O–H groups in total. The summed E-state index contributed by atoms with van der Waals surface area (Å²) in [5.41, 5.74) is 4.37. The number of carboxylic acid groups (broad SMARTS) is 1. The number of carboxylic acids is 1. The second kappa shape index (κ2) is 11.2. The minimum atomic E-state index is -0.806. The Morgan fingerprint density at radius 1 is 1.00 bits per heavy atom. The smallest absolute Gasteiger partial charge is 0.310 e. The van der Waals surface area contributed by atoms with Gasteiger partial charge in [-0.15, -0.1) is 11.3 Å². The number of aromatic nitrogens is 3. The van der Waals surface area contributed by atoms with Crippen LogP contribution in [0.25, 0.3) is 21.5 Å². The molecule has 0 aliphatic rings. The van der Waals surface area contributed by atoms with Crippen LogP contribution >= 0.6 is 11.3 Å². The summed E-state index contributed by atoms with van der Waals surface area (Å²) >= 11 is 1.62. The van der Waals surface area contributed by atoms with Crippen molar-refractivity contribution in [3.8, 4) is 16.3 Å². The first-order valence-corrected chi connectivity index (χ1v) is 13.8. The van der Waals surface area contributed by atoms with E-state index < -0.39 is 11.4 Å². The molecule has 0 amide bonds. The molecule has 0 atom stereocenters. The minimum Gasteiger partial charge on any atom is -0.487 e. The van der Waals surface area contributed by atoms with Gasteiger partial charge in [-0.25, -0.2) is 4.98 Å². The monoisotopic (exact) mass is 525 g/mol. The first kappa shape index (κ1) is 25.7. The van der Waals surface area contributed by atoms with Crippen LogP contribution in [0.5, 0.6) is 5.75 Å². The van der Waals surface area contributed by atoms with Crippen LogP contribution in [0.2, 0.25) is 0 Å². The molecular weight excluding hydrogens is 494 g/mol. The molecule has 0 unspecified atom stereocenters. The molecule has 38 heavy (non-hydrogen) atoms. The first-order valence-electron chi connectivity index (χ1n) is 12.9. The van der Waals surface area contributed by atoms with Crippen molar-refractivity contribution >= 4 is 28.2 Å². The largest absolute Gasteiger partial charge is 0.487 e. The number of pyridine rings is 1. The number of rotatable bonds is 11. The van der Waals surface area contributed by atoms with Crippen molar-refractivity contribution in [1.82, 2.24) is 14.5 Å². The molecule has 5 rings (SSSR count). The molecule has 194 valence electrons. The van der Waals surface area contributed by atoms with E-state index in [9.17, 15) is 9.90 Å². The third-order valence-corrected chi connectivity index (χ3v) is 8.19. The lowest BCUT2D eigenvalue weighted by Gasteiger charge is -2.27. The van der Waals surface area contributed by atoms with Crippen LogP contribution in [-0.4, -0.2) is 25.6 Å². The summed E-state index contributed by atoms with van der Waals surface area (Å²) in [6, 6.07) is 22.4. The summed E-state index contributed by atoms with van der Waals surface area (Å²) in [6.07, 6.45) is 5.18. The predicted octanol–water partition coefficient (Wildman–Crippen LogP) is 7.22. The fourth-order valence-corrected chi connectivity index (χ4v) is 5.54. The lowest BCUT2D eigenvalue weighted by molar-refractivity contribution is -0.149. The van der Waals surface area contributed by atoms with Gasteiger partial charge in [-0.3, -0.25) is 9.78 Å². The van der Waals surface area contributed by atoms with Crippen molar-refractivity contribution in [2.75, 3.05) is 0 Å². The molecular formula is C31H31N3O3S. The summed E-state index contributed by atoms with van der Waals surface area (Å²) in [7, 11) is 0. The number of nitrogens with zero attached hydrogens (tertiary/aromatic N) is 3. The van der Waals surface area contributed by atoms with Crippen LogP contribution in [0.3, 0.4) is 0 Å². The van der Waals surface area contributed by atoms with E-state index in [1.807, 2.05) is 55.8 Å². The fourth-order valence-electron chi connectivity index (χ4n) is 4.90. The minimum absolute atomic E-state index is 0.388. The van der Waals surface area contributed by atoms with Crippen LogP contribution in [0, 0.1) is 5.41 Å². The van der Waals surface area contributed by atoms with Crippen LogP contribution in [0.4, 0.5) is 0 Å². The van der Waals surface area contributed by atoms with Crippen molar-refractivity contribution in [1.29, 1.82) is 0 Å². The molecule has 3 heterocycles. The number of hydrogen-bond acceptors (Lipinski definition) is 5. The van der Waals surface area contributed by atoms with Gasteiger partial charge in [0.1, 0.15) is 17.4 Å². The van der Waals surface area contributed by atoms with Gasteiger partial charge in [0.25, 0.3) is 0 Å². The number of thiazole rings is 1. The van der Waals surface area contributed by atoms with E-state index in [0.29, 0.717) is 32.4 Å². The Hall–Kier alpha value is -3.97. The van der Waals surface area contributed by atoms with E-state index in [1.54, 1.807) is 17.5 Å². The van der Waals surface area contributed by atoms with Crippen LogP contribution in [0.15, 0.2) is 84.5 Å². The maximum atomic E-state index is 12.4. The Balaban J connectivity index is 1.49. The third-order valence-electron chi connectivity index (χ3n) is 7.37. The van der Waals surface area contributed by atoms with E-state index >= 15 is 0 Å². The van der Waals surface area contributed by atoms with Gasteiger partial charge in [0.15, 0.2) is 0 Å². The average molecular weight is 526 g/mol. The summed E-state index contributed by atoms with van der Waals surface area (Å²) < 4.78 is 8.28. The van der Waals surface area contributed by atoms with Gasteiger partial charge in [0.2, 0.25) is 0 Å². The Morgan fingerprint density at radius 3 is 2.47 bits per heavy atom. The molecule has 6 nitrogen and oxygen atoms in total. The third kappa shape index (κ3) is 5.34. The van der Waals surface area contributed by atoms with Crippen molar-refractivity contribution in [2.45, 2.75) is 46.3 Å². The lowest BCUT2D eigenvalue weighted by atomic mass is 9.78. The second-order valence-electron chi connectivity index (χ2n) is 9.56. The summed E-state index contributed by atoms with van der Waals surface area (Å²) in [5, 5.41) is 14.2. The van der Waals surface area contributed by atoms with E-state index in [-0.39, 0.29) is 0 Å². The first-order chi connectivity index (χ1) is 18.5. The van der Waals surface area contributed by atoms with Gasteiger partial charge in [-0.2, -0.15) is 0 Å². The van der Waals surface area contributed by atoms with Gasteiger partial charge >= 0.3 is 5.97 Å². The number of carbonyl (C=O) groups is 1. The molecule has 0 bridgehead atoms. The lowest BCUT2D eigenvalue weighted by Crippen LogP contribution is -2.33. The molecule has 0 saturated carbocycles. The standard InChI is InChI=1S/C31H31N3O3S/c1-3-31(4-2,30(35)36)19-26-17-24-18-27(37-21-25-7-5-6-14-32-25)12-13-28(24)34(26)20-22-8-10-23(11-9-22)29-33-15-16-38-29/h5-18H,3-4,19-21H2,1-2H3,(H,35,36). The second-order valence-corrected chi connectivity index (χ2v) is 10.5. The van der Waals surface area contributed by atoms with Crippen LogP contribution < -0.4 is 4.74 Å². The normalized spacial score (nSPS) is 11.6. The predicted molar refractivity (Wildman–Crippen MR) is 152 cm³/mol. The number of benzene rings is 2. The Bertz CT molecular complexity index is 1510. The number of aliphatic carboxylic acids is 1. The van der Waals surface area contributed by atoms with Gasteiger partial charge in [0.05, 0.1) is 11.1 Å². The molecule has 2 aromatic carbocycles. The van der Waals surface area contributed by atoms with Crippen LogP contribution in [0.1, 0.15) is 43.6 Å². The molecule has 0 radical (unpaired) electrons. The van der Waals surface area contributed by atoms with E-state index in [4.69, 9.17) is 4.74 Å². The Kier molecular flexibility index (Phi) is 7.56.